The molecule has 1 aliphatic rings. The van der Waals surface area contributed by atoms with Crippen LogP contribution in [0, 0.1) is 0 Å². The maximum atomic E-state index is 5.43. The minimum Gasteiger partial charge on any atom is -0.374 e. The summed E-state index contributed by atoms with van der Waals surface area (Å²) in [4.78, 5) is 0. The van der Waals surface area contributed by atoms with Gasteiger partial charge in [-0.3, -0.25) is 0 Å². The highest BCUT2D eigenvalue weighted by Gasteiger charge is 2.15. The molecule has 0 spiro atoms. The lowest BCUT2D eigenvalue weighted by molar-refractivity contribution is 0.138. The molecule has 0 aromatic heterocycles. The van der Waals surface area contributed by atoms with Crippen LogP contribution in [-0.4, -0.2) is 24.3 Å². The largest absolute Gasteiger partial charge is 0.374 e. The van der Waals surface area contributed by atoms with Crippen molar-refractivity contribution in [2.45, 2.75) is 26.4 Å². The fraction of sp³-hybridized carbons (Fsp3) is 0.667. The Hall–Kier alpha value is -0.0800. The van der Waals surface area contributed by atoms with Gasteiger partial charge >= 0.3 is 0 Å². The quantitative estimate of drug-likeness (QED) is 0.552. The Bertz CT molecular complexity index is 194. The predicted molar refractivity (Wildman–Crippen MR) is 53.4 cm³/mol. The molecule has 2 unspecified atom stereocenters. The molecular formula is C9H16OS. The standard InChI is InChI=1S/C9H16OS/c1-4-11(3)7-9-5-6-10-8(9)2/h4,7-8H,5-6H2,1-3H3/b9-7-. The molecule has 0 amide bonds. The Morgan fingerprint density at radius 3 is 2.82 bits per heavy atom. The lowest BCUT2D eigenvalue weighted by atomic mass is 10.2. The highest BCUT2D eigenvalue weighted by atomic mass is 32.2. The van der Waals surface area contributed by atoms with Crippen LogP contribution in [0.3, 0.4) is 0 Å². The summed E-state index contributed by atoms with van der Waals surface area (Å²) >= 11 is 0. The van der Waals surface area contributed by atoms with Crippen molar-refractivity contribution >= 4 is 15.9 Å². The van der Waals surface area contributed by atoms with Gasteiger partial charge in [-0.2, -0.15) is 10.5 Å². The van der Waals surface area contributed by atoms with Crippen LogP contribution in [0.5, 0.6) is 0 Å². The summed E-state index contributed by atoms with van der Waals surface area (Å²) in [7, 11) is 0.345. The number of hydrogen-bond acceptors (Lipinski definition) is 1. The molecule has 0 N–H and O–H groups in total. The highest BCUT2D eigenvalue weighted by molar-refractivity contribution is 8.16. The zero-order chi connectivity index (χ0) is 8.27. The Labute approximate surface area is 71.4 Å². The van der Waals surface area contributed by atoms with E-state index in [0.717, 1.165) is 13.0 Å². The first kappa shape index (κ1) is 9.01. The molecule has 0 aromatic carbocycles. The van der Waals surface area contributed by atoms with Gasteiger partial charge in [-0.1, -0.05) is 5.37 Å². The number of ether oxygens (including phenoxy) is 1. The van der Waals surface area contributed by atoms with Gasteiger partial charge in [0, 0.05) is 0 Å². The van der Waals surface area contributed by atoms with E-state index in [2.05, 4.69) is 30.9 Å². The van der Waals surface area contributed by atoms with Crippen LogP contribution >= 0.6 is 10.5 Å². The van der Waals surface area contributed by atoms with Crippen molar-refractivity contribution in [2.75, 3.05) is 12.9 Å². The van der Waals surface area contributed by atoms with Crippen LogP contribution in [0.25, 0.3) is 0 Å². The topological polar surface area (TPSA) is 9.23 Å². The molecule has 1 heterocycles. The summed E-state index contributed by atoms with van der Waals surface area (Å²) in [5, 5.41) is 4.58. The van der Waals surface area contributed by atoms with E-state index in [-0.39, 0.29) is 0 Å². The molecule has 0 radical (unpaired) electrons. The highest BCUT2D eigenvalue weighted by Crippen LogP contribution is 2.23. The van der Waals surface area contributed by atoms with E-state index in [1.807, 2.05) is 0 Å². The Kier molecular flexibility index (Phi) is 3.34. The van der Waals surface area contributed by atoms with E-state index in [9.17, 15) is 0 Å². The molecule has 1 nitrogen and oxygen atoms in total. The summed E-state index contributed by atoms with van der Waals surface area (Å²) in [5.41, 5.74) is 1.48. The van der Waals surface area contributed by atoms with Crippen LogP contribution in [-0.2, 0) is 4.74 Å². The summed E-state index contributed by atoms with van der Waals surface area (Å²) in [5.74, 6) is 0. The minimum absolute atomic E-state index is 0.345. The zero-order valence-corrected chi connectivity index (χ0v) is 8.28. The van der Waals surface area contributed by atoms with Gasteiger partial charge in [-0.15, -0.1) is 0 Å². The van der Waals surface area contributed by atoms with E-state index in [1.54, 1.807) is 0 Å². The van der Waals surface area contributed by atoms with Crippen LogP contribution in [0.15, 0.2) is 11.0 Å². The zero-order valence-electron chi connectivity index (χ0n) is 7.46. The molecule has 0 bridgehead atoms. The summed E-state index contributed by atoms with van der Waals surface area (Å²) in [6, 6.07) is 0. The van der Waals surface area contributed by atoms with Crippen LogP contribution in [0.2, 0.25) is 0 Å². The minimum atomic E-state index is 0.345. The average Bonchev–Trinajstić information content (AvgIpc) is 2.37. The molecule has 2 heteroatoms. The molecule has 1 saturated heterocycles. The summed E-state index contributed by atoms with van der Waals surface area (Å²) in [6.45, 7) is 5.15. The van der Waals surface area contributed by atoms with Gasteiger partial charge in [0.1, 0.15) is 0 Å². The maximum absolute atomic E-state index is 5.43. The molecular weight excluding hydrogens is 156 g/mol. The van der Waals surface area contributed by atoms with E-state index in [4.69, 9.17) is 4.74 Å². The van der Waals surface area contributed by atoms with Crippen LogP contribution in [0.4, 0.5) is 0 Å². The first-order valence-electron chi connectivity index (χ1n) is 3.99. The summed E-state index contributed by atoms with van der Waals surface area (Å²) in [6.07, 6.45) is 3.73. The first-order chi connectivity index (χ1) is 5.24. The van der Waals surface area contributed by atoms with Crippen molar-refractivity contribution in [3.8, 4) is 0 Å². The molecule has 1 aliphatic heterocycles. The Morgan fingerprint density at radius 1 is 1.64 bits per heavy atom. The lowest BCUT2D eigenvalue weighted by Gasteiger charge is -2.03. The van der Waals surface area contributed by atoms with E-state index < -0.39 is 0 Å². The fourth-order valence-corrected chi connectivity index (χ4v) is 2.05. The van der Waals surface area contributed by atoms with Crippen molar-refractivity contribution in [1.29, 1.82) is 0 Å². The van der Waals surface area contributed by atoms with Crippen molar-refractivity contribution in [1.82, 2.24) is 0 Å². The van der Waals surface area contributed by atoms with Gasteiger partial charge in [-0.05, 0) is 37.5 Å². The lowest BCUT2D eigenvalue weighted by Crippen LogP contribution is -1.98. The second kappa shape index (κ2) is 4.07. The molecule has 1 rings (SSSR count). The first-order valence-corrected chi connectivity index (χ1v) is 5.75. The number of rotatable bonds is 1. The molecule has 0 saturated carbocycles. The van der Waals surface area contributed by atoms with Gasteiger partial charge in [0.25, 0.3) is 0 Å². The third kappa shape index (κ3) is 2.46. The van der Waals surface area contributed by atoms with Gasteiger partial charge in [0.05, 0.1) is 12.7 Å². The van der Waals surface area contributed by atoms with E-state index in [0.29, 0.717) is 16.6 Å². The Morgan fingerprint density at radius 2 is 2.36 bits per heavy atom. The molecule has 0 aromatic rings. The second-order valence-corrected chi connectivity index (χ2v) is 4.72. The predicted octanol–water partition coefficient (Wildman–Crippen LogP) is 2.40. The molecule has 2 atom stereocenters. The normalized spacial score (nSPS) is 31.5. The van der Waals surface area contributed by atoms with Gasteiger partial charge < -0.3 is 4.74 Å². The fourth-order valence-electron chi connectivity index (χ4n) is 1.13. The molecule has 11 heavy (non-hydrogen) atoms. The van der Waals surface area contributed by atoms with E-state index in [1.165, 1.54) is 5.57 Å². The molecule has 0 aliphatic carbocycles. The monoisotopic (exact) mass is 172 g/mol. The number of hydrogen-bond donors (Lipinski definition) is 0. The van der Waals surface area contributed by atoms with Crippen molar-refractivity contribution < 1.29 is 4.74 Å². The smallest absolute Gasteiger partial charge is 0.0765 e. The third-order valence-corrected chi connectivity index (χ3v) is 3.41. The van der Waals surface area contributed by atoms with Crippen molar-refractivity contribution in [3.63, 3.8) is 0 Å². The maximum Gasteiger partial charge on any atom is 0.0765 e. The summed E-state index contributed by atoms with van der Waals surface area (Å²) < 4.78 is 5.43. The molecule has 64 valence electrons. The van der Waals surface area contributed by atoms with Crippen molar-refractivity contribution in [2.24, 2.45) is 0 Å². The van der Waals surface area contributed by atoms with Gasteiger partial charge in [0.15, 0.2) is 0 Å². The second-order valence-electron chi connectivity index (χ2n) is 2.80. The van der Waals surface area contributed by atoms with Crippen LogP contribution in [0.1, 0.15) is 20.3 Å². The third-order valence-electron chi connectivity index (χ3n) is 1.99. The van der Waals surface area contributed by atoms with Gasteiger partial charge in [0.2, 0.25) is 0 Å². The Balaban J connectivity index is 2.65. The SMILES string of the molecule is C/C=S(C)\C=C1\CCOC1C. The molecule has 1 fully saturated rings. The average molecular weight is 172 g/mol. The van der Waals surface area contributed by atoms with Crippen LogP contribution < -0.4 is 0 Å². The van der Waals surface area contributed by atoms with Crippen molar-refractivity contribution in [3.05, 3.63) is 11.0 Å². The van der Waals surface area contributed by atoms with Gasteiger partial charge in [-0.25, -0.2) is 0 Å². The van der Waals surface area contributed by atoms with E-state index >= 15 is 0 Å².